The van der Waals surface area contributed by atoms with Gasteiger partial charge in [0.15, 0.2) is 5.78 Å². The van der Waals surface area contributed by atoms with Gasteiger partial charge in [-0.1, -0.05) is 6.42 Å². The molecule has 0 N–H and O–H groups in total. The van der Waals surface area contributed by atoms with Crippen LogP contribution in [-0.2, 0) is 21.4 Å². The molecule has 1 saturated heterocycles. The van der Waals surface area contributed by atoms with E-state index in [1.165, 1.54) is 35.5 Å². The van der Waals surface area contributed by atoms with E-state index in [4.69, 9.17) is 9.47 Å². The van der Waals surface area contributed by atoms with Crippen molar-refractivity contribution in [2.45, 2.75) is 44.6 Å². The molecule has 0 radical (unpaired) electrons. The van der Waals surface area contributed by atoms with Crippen molar-refractivity contribution in [1.29, 1.82) is 0 Å². The molecule has 2 aromatic rings. The molecule has 0 saturated carbocycles. The second-order valence-electron chi connectivity index (χ2n) is 7.38. The van der Waals surface area contributed by atoms with Gasteiger partial charge in [-0.3, -0.25) is 4.79 Å². The summed E-state index contributed by atoms with van der Waals surface area (Å²) in [5.41, 5.74) is 1.34. The lowest BCUT2D eigenvalue weighted by atomic mass is 10.1. The molecule has 0 atom stereocenters. The normalized spacial score (nSPS) is 14.8. The molecule has 0 unspecified atom stereocenters. The van der Waals surface area contributed by atoms with Gasteiger partial charge in [0.05, 0.1) is 17.1 Å². The van der Waals surface area contributed by atoms with E-state index in [-0.39, 0.29) is 22.8 Å². The Morgan fingerprint density at radius 3 is 2.23 bits per heavy atom. The predicted molar refractivity (Wildman–Crippen MR) is 116 cm³/mol. The first kappa shape index (κ1) is 23.0. The number of hydrogen-bond donors (Lipinski definition) is 0. The van der Waals surface area contributed by atoms with Crippen molar-refractivity contribution in [3.63, 3.8) is 0 Å². The first-order valence-corrected chi connectivity index (χ1v) is 11.8. The molecule has 0 amide bonds. The number of hydrogen-bond acceptors (Lipinski definition) is 6. The van der Waals surface area contributed by atoms with Crippen molar-refractivity contribution in [3.8, 4) is 5.75 Å². The molecule has 0 bridgehead atoms. The third-order valence-corrected chi connectivity index (χ3v) is 7.08. The second-order valence-corrected chi connectivity index (χ2v) is 9.31. The number of sulfonamides is 1. The van der Waals surface area contributed by atoms with Gasteiger partial charge in [-0.05, 0) is 69.2 Å². The van der Waals surface area contributed by atoms with Gasteiger partial charge in [-0.25, -0.2) is 13.2 Å². The fourth-order valence-electron chi connectivity index (χ4n) is 3.45. The van der Waals surface area contributed by atoms with E-state index in [9.17, 15) is 18.0 Å². The number of esters is 1. The maximum Gasteiger partial charge on any atom is 0.338 e. The summed E-state index contributed by atoms with van der Waals surface area (Å²) in [4.78, 5) is 24.3. The Labute approximate surface area is 183 Å². The molecule has 1 aliphatic heterocycles. The van der Waals surface area contributed by atoms with Crippen LogP contribution in [0.1, 0.15) is 59.4 Å². The van der Waals surface area contributed by atoms with E-state index in [0.717, 1.165) is 19.3 Å². The molecule has 0 aliphatic carbocycles. The van der Waals surface area contributed by atoms with Gasteiger partial charge in [0.1, 0.15) is 12.4 Å². The Morgan fingerprint density at radius 1 is 0.968 bits per heavy atom. The number of rotatable bonds is 8. The zero-order valence-electron chi connectivity index (χ0n) is 17.8. The monoisotopic (exact) mass is 445 g/mol. The minimum atomic E-state index is -3.55. The molecule has 8 heteroatoms. The molecule has 2 aromatic carbocycles. The molecule has 1 aliphatic rings. The van der Waals surface area contributed by atoms with Crippen molar-refractivity contribution in [3.05, 3.63) is 59.2 Å². The van der Waals surface area contributed by atoms with Gasteiger partial charge in [0.25, 0.3) is 0 Å². The lowest BCUT2D eigenvalue weighted by Gasteiger charge is -2.25. The van der Waals surface area contributed by atoms with E-state index >= 15 is 0 Å². The van der Waals surface area contributed by atoms with Crippen molar-refractivity contribution >= 4 is 21.8 Å². The number of piperidine rings is 1. The van der Waals surface area contributed by atoms with E-state index < -0.39 is 16.0 Å². The molecule has 3 rings (SSSR count). The fraction of sp³-hybridized carbons (Fsp3) is 0.391. The summed E-state index contributed by atoms with van der Waals surface area (Å²) in [6, 6.07) is 10.8. The lowest BCUT2D eigenvalue weighted by Crippen LogP contribution is -2.35. The summed E-state index contributed by atoms with van der Waals surface area (Å²) in [5.74, 6) is -0.137. The van der Waals surface area contributed by atoms with Crippen LogP contribution in [0, 0.1) is 0 Å². The first-order valence-electron chi connectivity index (χ1n) is 10.4. The Bertz CT molecular complexity index is 1040. The highest BCUT2D eigenvalue weighted by atomic mass is 32.2. The molecule has 0 spiro atoms. The van der Waals surface area contributed by atoms with Crippen LogP contribution in [0.2, 0.25) is 0 Å². The van der Waals surface area contributed by atoms with Gasteiger partial charge in [-0.15, -0.1) is 0 Å². The summed E-state index contributed by atoms with van der Waals surface area (Å²) in [5, 5.41) is 0. The maximum absolute atomic E-state index is 12.7. The molecule has 7 nitrogen and oxygen atoms in total. The van der Waals surface area contributed by atoms with Crippen LogP contribution in [0.5, 0.6) is 5.75 Å². The molecular formula is C23H27NO6S. The number of Topliss-reactive ketones (excluding diaryl/α,β-unsaturated/α-hetero) is 1. The number of carbonyl (C=O) groups excluding carboxylic acids is 2. The second kappa shape index (κ2) is 10.1. The molecule has 0 aromatic heterocycles. The van der Waals surface area contributed by atoms with Crippen molar-refractivity contribution in [2.75, 3.05) is 19.7 Å². The zero-order valence-corrected chi connectivity index (χ0v) is 18.6. The van der Waals surface area contributed by atoms with Crippen LogP contribution in [0.15, 0.2) is 47.4 Å². The largest absolute Gasteiger partial charge is 0.493 e. The van der Waals surface area contributed by atoms with Crippen LogP contribution in [0.4, 0.5) is 0 Å². The van der Waals surface area contributed by atoms with Gasteiger partial charge >= 0.3 is 5.97 Å². The molecule has 166 valence electrons. The van der Waals surface area contributed by atoms with Crippen molar-refractivity contribution in [2.24, 2.45) is 0 Å². The predicted octanol–water partition coefficient (Wildman–Crippen LogP) is 3.82. The van der Waals surface area contributed by atoms with Crippen LogP contribution >= 0.6 is 0 Å². The minimum Gasteiger partial charge on any atom is -0.493 e. The summed E-state index contributed by atoms with van der Waals surface area (Å²) in [6.07, 6.45) is 2.76. The number of ether oxygens (including phenoxy) is 2. The average Bonchev–Trinajstić information content (AvgIpc) is 2.79. The average molecular weight is 446 g/mol. The quantitative estimate of drug-likeness (QED) is 0.453. The summed E-state index contributed by atoms with van der Waals surface area (Å²) >= 11 is 0. The highest BCUT2D eigenvalue weighted by Crippen LogP contribution is 2.23. The van der Waals surface area contributed by atoms with Gasteiger partial charge in [0.2, 0.25) is 10.0 Å². The highest BCUT2D eigenvalue weighted by Gasteiger charge is 2.26. The number of carbonyl (C=O) groups is 2. The van der Waals surface area contributed by atoms with Gasteiger partial charge in [0, 0.05) is 24.2 Å². The molecule has 31 heavy (non-hydrogen) atoms. The Hall–Kier alpha value is -2.71. The van der Waals surface area contributed by atoms with Crippen LogP contribution in [0.25, 0.3) is 0 Å². The van der Waals surface area contributed by atoms with E-state index in [1.807, 2.05) is 6.92 Å². The summed E-state index contributed by atoms with van der Waals surface area (Å²) in [7, 11) is -3.55. The minimum absolute atomic E-state index is 0.0664. The fourth-order valence-corrected chi connectivity index (χ4v) is 4.97. The van der Waals surface area contributed by atoms with Crippen LogP contribution in [-0.4, -0.2) is 44.2 Å². The maximum atomic E-state index is 12.7. The number of ketones is 1. The SMILES string of the molecule is CCOc1ccc(C(C)=O)cc1COC(=O)c1ccc(S(=O)(=O)N2CCCCC2)cc1. The van der Waals surface area contributed by atoms with Gasteiger partial charge < -0.3 is 9.47 Å². The molecule has 1 heterocycles. The van der Waals surface area contributed by atoms with Crippen LogP contribution in [0.3, 0.4) is 0 Å². The molecular weight excluding hydrogens is 418 g/mol. The summed E-state index contributed by atoms with van der Waals surface area (Å²) in [6.45, 7) is 4.72. The Kier molecular flexibility index (Phi) is 7.46. The third-order valence-electron chi connectivity index (χ3n) is 5.17. The lowest BCUT2D eigenvalue weighted by molar-refractivity contribution is 0.0469. The van der Waals surface area contributed by atoms with Crippen LogP contribution < -0.4 is 4.74 Å². The van der Waals surface area contributed by atoms with E-state index in [2.05, 4.69) is 0 Å². The Balaban J connectivity index is 1.70. The Morgan fingerprint density at radius 2 is 1.61 bits per heavy atom. The smallest absolute Gasteiger partial charge is 0.338 e. The third kappa shape index (κ3) is 5.51. The van der Waals surface area contributed by atoms with Crippen molar-refractivity contribution in [1.82, 2.24) is 4.31 Å². The highest BCUT2D eigenvalue weighted by molar-refractivity contribution is 7.89. The zero-order chi connectivity index (χ0) is 22.4. The van der Waals surface area contributed by atoms with E-state index in [1.54, 1.807) is 18.2 Å². The number of benzene rings is 2. The van der Waals surface area contributed by atoms with Crippen molar-refractivity contribution < 1.29 is 27.5 Å². The topological polar surface area (TPSA) is 90.0 Å². The van der Waals surface area contributed by atoms with Gasteiger partial charge in [-0.2, -0.15) is 4.31 Å². The summed E-state index contributed by atoms with van der Waals surface area (Å²) < 4.78 is 37.9. The first-order chi connectivity index (χ1) is 14.8. The van der Waals surface area contributed by atoms with E-state index in [0.29, 0.717) is 36.6 Å². The number of nitrogens with zero attached hydrogens (tertiary/aromatic N) is 1. The standard InChI is InChI=1S/C23H27NO6S/c1-3-29-22-12-9-19(17(2)25)15-20(22)16-30-23(26)18-7-10-21(11-8-18)31(27,28)24-13-5-4-6-14-24/h7-12,15H,3-6,13-14,16H2,1-2H3. The molecule has 1 fully saturated rings.